The van der Waals surface area contributed by atoms with E-state index < -0.39 is 0 Å². The van der Waals surface area contributed by atoms with Crippen molar-refractivity contribution in [2.45, 2.75) is 39.2 Å². The van der Waals surface area contributed by atoms with Crippen LogP contribution in [0, 0.1) is 19.7 Å². The highest BCUT2D eigenvalue weighted by molar-refractivity contribution is 6.00. The molecule has 0 atom stereocenters. The molecule has 2 heterocycles. The molecule has 0 bridgehead atoms. The zero-order valence-corrected chi connectivity index (χ0v) is 21.7. The molecule has 37 heavy (non-hydrogen) atoms. The summed E-state index contributed by atoms with van der Waals surface area (Å²) >= 11 is 0. The number of para-hydroxylation sites is 1. The highest BCUT2D eigenvalue weighted by Gasteiger charge is 2.30. The summed E-state index contributed by atoms with van der Waals surface area (Å²) in [5, 5.41) is 0. The van der Waals surface area contributed by atoms with Crippen molar-refractivity contribution in [1.82, 2.24) is 9.47 Å². The van der Waals surface area contributed by atoms with E-state index in [1.807, 2.05) is 33.9 Å². The van der Waals surface area contributed by atoms with E-state index in [9.17, 15) is 9.18 Å². The van der Waals surface area contributed by atoms with Crippen molar-refractivity contribution >= 4 is 5.91 Å². The highest BCUT2D eigenvalue weighted by atomic mass is 19.1. The molecule has 1 aliphatic heterocycles. The smallest absolute Gasteiger partial charge is 0.271 e. The SMILES string of the molecule is COc1ccccc1C1CCN(C(=O)c2c(-c3ccc(C)cc3)c(C)cn2Cc2ccc(F)cc2)CC1. The lowest BCUT2D eigenvalue weighted by Gasteiger charge is -2.33. The van der Waals surface area contributed by atoms with Gasteiger partial charge >= 0.3 is 0 Å². The van der Waals surface area contributed by atoms with Crippen molar-refractivity contribution in [3.8, 4) is 16.9 Å². The van der Waals surface area contributed by atoms with Gasteiger partial charge in [-0.25, -0.2) is 4.39 Å². The van der Waals surface area contributed by atoms with Gasteiger partial charge in [0.15, 0.2) is 0 Å². The number of piperidine rings is 1. The topological polar surface area (TPSA) is 34.5 Å². The average Bonchev–Trinajstić information content (AvgIpc) is 3.25. The molecule has 0 saturated carbocycles. The van der Waals surface area contributed by atoms with Crippen LogP contribution in [0.3, 0.4) is 0 Å². The number of likely N-dealkylation sites (tertiary alicyclic amines) is 1. The Kier molecular flexibility index (Phi) is 7.13. The lowest BCUT2D eigenvalue weighted by Crippen LogP contribution is -2.39. The molecule has 1 saturated heterocycles. The van der Waals surface area contributed by atoms with Crippen LogP contribution in [0.2, 0.25) is 0 Å². The zero-order valence-electron chi connectivity index (χ0n) is 21.7. The number of methoxy groups -OCH3 is 1. The van der Waals surface area contributed by atoms with Gasteiger partial charge in [0.2, 0.25) is 0 Å². The number of carbonyl (C=O) groups excluding carboxylic acids is 1. The second kappa shape index (κ2) is 10.6. The summed E-state index contributed by atoms with van der Waals surface area (Å²) in [5.74, 6) is 1.06. The van der Waals surface area contributed by atoms with E-state index in [4.69, 9.17) is 4.74 Å². The molecule has 4 nitrogen and oxygen atoms in total. The quantitative estimate of drug-likeness (QED) is 0.288. The van der Waals surface area contributed by atoms with E-state index in [-0.39, 0.29) is 11.7 Å². The van der Waals surface area contributed by atoms with Crippen LogP contribution in [0.4, 0.5) is 4.39 Å². The van der Waals surface area contributed by atoms with E-state index in [1.165, 1.54) is 23.3 Å². The van der Waals surface area contributed by atoms with Gasteiger partial charge in [0.1, 0.15) is 17.3 Å². The van der Waals surface area contributed by atoms with E-state index >= 15 is 0 Å². The highest BCUT2D eigenvalue weighted by Crippen LogP contribution is 2.36. The number of halogens is 1. The Morgan fingerprint density at radius 1 is 0.946 bits per heavy atom. The molecule has 5 heteroatoms. The molecular formula is C32H33FN2O2. The molecule has 1 aliphatic rings. The van der Waals surface area contributed by atoms with Gasteiger partial charge in [0.25, 0.3) is 5.91 Å². The van der Waals surface area contributed by atoms with Gasteiger partial charge in [-0.1, -0.05) is 60.2 Å². The van der Waals surface area contributed by atoms with E-state index in [1.54, 1.807) is 19.2 Å². The Balaban J connectivity index is 1.46. The lowest BCUT2D eigenvalue weighted by atomic mass is 9.88. The third-order valence-electron chi connectivity index (χ3n) is 7.44. The summed E-state index contributed by atoms with van der Waals surface area (Å²) in [6.07, 6.45) is 3.83. The normalized spacial score (nSPS) is 14.1. The molecule has 0 aliphatic carbocycles. The second-order valence-electron chi connectivity index (χ2n) is 9.96. The second-order valence-corrected chi connectivity index (χ2v) is 9.96. The van der Waals surface area contributed by atoms with Gasteiger partial charge < -0.3 is 14.2 Å². The van der Waals surface area contributed by atoms with Crippen LogP contribution < -0.4 is 4.74 Å². The number of hydrogen-bond donors (Lipinski definition) is 0. The van der Waals surface area contributed by atoms with Crippen LogP contribution in [-0.4, -0.2) is 35.6 Å². The summed E-state index contributed by atoms with van der Waals surface area (Å²) < 4.78 is 21.1. The van der Waals surface area contributed by atoms with Gasteiger partial charge in [0.05, 0.1) is 7.11 Å². The van der Waals surface area contributed by atoms with Gasteiger partial charge in [0, 0.05) is 31.4 Å². The first-order valence-electron chi connectivity index (χ1n) is 12.9. The summed E-state index contributed by atoms with van der Waals surface area (Å²) in [4.78, 5) is 16.1. The minimum atomic E-state index is -0.262. The van der Waals surface area contributed by atoms with Crippen molar-refractivity contribution < 1.29 is 13.9 Å². The Bertz CT molecular complexity index is 1380. The number of hydrogen-bond acceptors (Lipinski definition) is 2. The third kappa shape index (κ3) is 5.17. The minimum absolute atomic E-state index is 0.0456. The average molecular weight is 497 g/mol. The van der Waals surface area contributed by atoms with Gasteiger partial charge in [-0.05, 0) is 73.1 Å². The monoisotopic (exact) mass is 496 g/mol. The Hall–Kier alpha value is -3.86. The maximum absolute atomic E-state index is 14.1. The predicted molar refractivity (Wildman–Crippen MR) is 146 cm³/mol. The first kappa shape index (κ1) is 24.8. The molecule has 0 unspecified atom stereocenters. The minimum Gasteiger partial charge on any atom is -0.496 e. The molecule has 1 aromatic heterocycles. The maximum Gasteiger partial charge on any atom is 0.271 e. The van der Waals surface area contributed by atoms with Crippen LogP contribution in [0.25, 0.3) is 11.1 Å². The zero-order chi connectivity index (χ0) is 25.9. The van der Waals surface area contributed by atoms with Crippen molar-refractivity contribution in [2.75, 3.05) is 20.2 Å². The van der Waals surface area contributed by atoms with Gasteiger partial charge in [-0.2, -0.15) is 0 Å². The number of benzene rings is 3. The summed E-state index contributed by atoms with van der Waals surface area (Å²) in [6.45, 7) is 6.01. The fourth-order valence-electron chi connectivity index (χ4n) is 5.47. The van der Waals surface area contributed by atoms with Crippen molar-refractivity contribution in [3.63, 3.8) is 0 Å². The van der Waals surface area contributed by atoms with E-state index in [0.29, 0.717) is 31.2 Å². The molecule has 5 rings (SSSR count). The van der Waals surface area contributed by atoms with Crippen LogP contribution in [0.5, 0.6) is 5.75 Å². The van der Waals surface area contributed by atoms with Crippen molar-refractivity contribution in [1.29, 1.82) is 0 Å². The molecular weight excluding hydrogens is 463 g/mol. The predicted octanol–water partition coefficient (Wildman–Crippen LogP) is 6.99. The van der Waals surface area contributed by atoms with Crippen molar-refractivity contribution in [3.05, 3.63) is 113 Å². The maximum atomic E-state index is 14.1. The fourth-order valence-corrected chi connectivity index (χ4v) is 5.47. The van der Waals surface area contributed by atoms with E-state index in [0.717, 1.165) is 40.8 Å². The Morgan fingerprint density at radius 2 is 1.62 bits per heavy atom. The number of carbonyl (C=O) groups is 1. The Labute approximate surface area is 218 Å². The molecule has 1 fully saturated rings. The fraction of sp³-hybridized carbons (Fsp3) is 0.281. The third-order valence-corrected chi connectivity index (χ3v) is 7.44. The molecule has 0 radical (unpaired) electrons. The Morgan fingerprint density at radius 3 is 2.30 bits per heavy atom. The molecule has 0 spiro atoms. The lowest BCUT2D eigenvalue weighted by molar-refractivity contribution is 0.0703. The number of nitrogens with zero attached hydrogens (tertiary/aromatic N) is 2. The molecule has 1 amide bonds. The number of ether oxygens (including phenoxy) is 1. The summed E-state index contributed by atoms with van der Waals surface area (Å²) in [7, 11) is 1.71. The molecule has 4 aromatic rings. The van der Waals surface area contributed by atoms with Crippen LogP contribution in [0.1, 0.15) is 51.5 Å². The van der Waals surface area contributed by atoms with Crippen molar-refractivity contribution in [2.24, 2.45) is 0 Å². The standard InChI is InChI=1S/C32H33FN2O2/c1-22-8-12-26(13-9-22)30-23(2)20-35(21-24-10-14-27(33)15-11-24)31(30)32(36)34-18-16-25(17-19-34)28-6-4-5-7-29(28)37-3/h4-15,20,25H,16-19,21H2,1-3H3. The first-order valence-corrected chi connectivity index (χ1v) is 12.9. The van der Waals surface area contributed by atoms with Gasteiger partial charge in [-0.3, -0.25) is 4.79 Å². The number of rotatable bonds is 6. The molecule has 190 valence electrons. The molecule has 3 aromatic carbocycles. The first-order chi connectivity index (χ1) is 17.9. The van der Waals surface area contributed by atoms with Crippen LogP contribution in [-0.2, 0) is 6.54 Å². The number of amides is 1. The largest absolute Gasteiger partial charge is 0.496 e. The number of aryl methyl sites for hydroxylation is 2. The number of aromatic nitrogens is 1. The van der Waals surface area contributed by atoms with Gasteiger partial charge in [-0.15, -0.1) is 0 Å². The molecule has 0 N–H and O–H groups in total. The summed E-state index contributed by atoms with van der Waals surface area (Å²) in [5.41, 5.74) is 7.11. The van der Waals surface area contributed by atoms with E-state index in [2.05, 4.69) is 44.2 Å². The summed E-state index contributed by atoms with van der Waals surface area (Å²) in [6, 6.07) is 23.0. The van der Waals surface area contributed by atoms with Crippen LogP contribution in [0.15, 0.2) is 79.0 Å². The van der Waals surface area contributed by atoms with Crippen LogP contribution >= 0.6 is 0 Å².